The van der Waals surface area contributed by atoms with Crippen LogP contribution in [0.3, 0.4) is 0 Å². The van der Waals surface area contributed by atoms with Gasteiger partial charge in [-0.25, -0.2) is 4.98 Å². The van der Waals surface area contributed by atoms with Crippen molar-refractivity contribution in [1.82, 2.24) is 4.98 Å². The maximum Gasteiger partial charge on any atom is 0.151 e. The molecule has 20 heavy (non-hydrogen) atoms. The lowest BCUT2D eigenvalue weighted by molar-refractivity contribution is 1.29. The molecule has 2 nitrogen and oxygen atoms in total. The lowest BCUT2D eigenvalue weighted by atomic mass is 10.2. The third kappa shape index (κ3) is 2.96. The van der Waals surface area contributed by atoms with Crippen LogP contribution in [0, 0.1) is 11.3 Å². The van der Waals surface area contributed by atoms with E-state index in [0.717, 1.165) is 20.3 Å². The molecule has 0 aliphatic rings. The highest BCUT2D eigenvalue weighted by Gasteiger charge is 2.05. The van der Waals surface area contributed by atoms with E-state index in [1.807, 2.05) is 42.5 Å². The molecule has 3 aromatic rings. The van der Waals surface area contributed by atoms with Crippen molar-refractivity contribution in [2.24, 2.45) is 0 Å². The van der Waals surface area contributed by atoms with Crippen molar-refractivity contribution in [1.29, 1.82) is 5.26 Å². The van der Waals surface area contributed by atoms with E-state index in [4.69, 9.17) is 16.9 Å². The third-order valence-corrected chi connectivity index (χ3v) is 5.26. The summed E-state index contributed by atoms with van der Waals surface area (Å²) in [5, 5.41) is 9.48. The van der Waals surface area contributed by atoms with Crippen molar-refractivity contribution in [3.8, 4) is 6.07 Å². The van der Waals surface area contributed by atoms with Crippen molar-refractivity contribution in [3.05, 3.63) is 58.6 Å². The molecule has 0 fully saturated rings. The highest BCUT2D eigenvalue weighted by molar-refractivity contribution is 8.00. The first-order chi connectivity index (χ1) is 9.74. The summed E-state index contributed by atoms with van der Waals surface area (Å²) in [5.74, 6) is 0.846. The Bertz CT molecular complexity index is 788. The number of fused-ring (bicyclic) bond motifs is 1. The zero-order chi connectivity index (χ0) is 13.9. The van der Waals surface area contributed by atoms with Gasteiger partial charge in [-0.2, -0.15) is 5.26 Å². The Morgan fingerprint density at radius 2 is 2.00 bits per heavy atom. The zero-order valence-corrected chi connectivity index (χ0v) is 12.7. The van der Waals surface area contributed by atoms with Crippen LogP contribution in [0.2, 0.25) is 5.02 Å². The van der Waals surface area contributed by atoms with Gasteiger partial charge in [-0.3, -0.25) is 0 Å². The van der Waals surface area contributed by atoms with Crippen LogP contribution in [0.5, 0.6) is 0 Å². The zero-order valence-electron chi connectivity index (χ0n) is 10.3. The highest BCUT2D eigenvalue weighted by atomic mass is 35.5. The van der Waals surface area contributed by atoms with Gasteiger partial charge in [-0.15, -0.1) is 11.3 Å². The molecule has 0 bridgehead atoms. The predicted octanol–water partition coefficient (Wildman–Crippen LogP) is 5.11. The molecular formula is C15H9ClN2S2. The molecule has 0 aliphatic carbocycles. The van der Waals surface area contributed by atoms with Crippen LogP contribution >= 0.6 is 34.7 Å². The minimum Gasteiger partial charge on any atom is -0.230 e. The van der Waals surface area contributed by atoms with Crippen molar-refractivity contribution >= 4 is 44.9 Å². The van der Waals surface area contributed by atoms with Crippen LogP contribution in [0.4, 0.5) is 0 Å². The summed E-state index contributed by atoms with van der Waals surface area (Å²) < 4.78 is 2.18. The number of thiazole rings is 1. The summed E-state index contributed by atoms with van der Waals surface area (Å²) in [4.78, 5) is 4.57. The van der Waals surface area contributed by atoms with E-state index in [-0.39, 0.29) is 0 Å². The SMILES string of the molecule is N#Cc1ccc(CSc2nc3cc(Cl)ccc3s2)cc1. The Labute approximate surface area is 130 Å². The predicted molar refractivity (Wildman–Crippen MR) is 85.3 cm³/mol. The number of aromatic nitrogens is 1. The number of hydrogen-bond donors (Lipinski definition) is 0. The molecule has 1 heterocycles. The minimum atomic E-state index is 0.688. The Hall–Kier alpha value is -1.54. The molecule has 0 amide bonds. The first kappa shape index (κ1) is 13.4. The summed E-state index contributed by atoms with van der Waals surface area (Å²) in [6.07, 6.45) is 0. The second-order valence-corrected chi connectivity index (χ2v) is 6.88. The monoisotopic (exact) mass is 316 g/mol. The molecule has 0 saturated heterocycles. The number of benzene rings is 2. The number of nitriles is 1. The minimum absolute atomic E-state index is 0.688. The topological polar surface area (TPSA) is 36.7 Å². The standard InChI is InChI=1S/C15H9ClN2S2/c16-12-5-6-14-13(7-12)18-15(20-14)19-9-11-3-1-10(8-17)2-4-11/h1-7H,9H2. The molecule has 0 radical (unpaired) electrons. The maximum atomic E-state index is 8.77. The number of hydrogen-bond acceptors (Lipinski definition) is 4. The lowest BCUT2D eigenvalue weighted by Gasteiger charge is -1.98. The molecule has 2 aromatic carbocycles. The van der Waals surface area contributed by atoms with Gasteiger partial charge < -0.3 is 0 Å². The maximum absolute atomic E-state index is 8.77. The molecule has 98 valence electrons. The summed E-state index contributed by atoms with van der Waals surface area (Å²) in [6, 6.07) is 15.5. The fourth-order valence-electron chi connectivity index (χ4n) is 1.76. The summed E-state index contributed by atoms with van der Waals surface area (Å²) in [5.41, 5.74) is 2.82. The molecule has 0 N–H and O–H groups in total. The Morgan fingerprint density at radius 1 is 1.20 bits per heavy atom. The number of halogens is 1. The molecule has 3 rings (SSSR count). The third-order valence-electron chi connectivity index (χ3n) is 2.78. The van der Waals surface area contributed by atoms with Crippen LogP contribution in [-0.2, 0) is 5.75 Å². The smallest absolute Gasteiger partial charge is 0.151 e. The van der Waals surface area contributed by atoms with E-state index in [0.29, 0.717) is 10.6 Å². The molecule has 0 atom stereocenters. The first-order valence-corrected chi connectivity index (χ1v) is 8.10. The van der Waals surface area contributed by atoms with Crippen LogP contribution in [0.15, 0.2) is 46.8 Å². The quantitative estimate of drug-likeness (QED) is 0.630. The van der Waals surface area contributed by atoms with Crippen molar-refractivity contribution < 1.29 is 0 Å². The average Bonchev–Trinajstić information content (AvgIpc) is 2.87. The molecule has 0 unspecified atom stereocenters. The first-order valence-electron chi connectivity index (χ1n) is 5.92. The summed E-state index contributed by atoms with van der Waals surface area (Å²) in [7, 11) is 0. The lowest BCUT2D eigenvalue weighted by Crippen LogP contribution is -1.81. The molecule has 5 heteroatoms. The summed E-state index contributed by atoms with van der Waals surface area (Å²) >= 11 is 9.33. The number of thioether (sulfide) groups is 1. The van der Waals surface area contributed by atoms with Crippen LogP contribution in [0.25, 0.3) is 10.2 Å². The van der Waals surface area contributed by atoms with Gasteiger partial charge >= 0.3 is 0 Å². The van der Waals surface area contributed by atoms with Crippen LogP contribution in [0.1, 0.15) is 11.1 Å². The van der Waals surface area contributed by atoms with Gasteiger partial charge in [0.15, 0.2) is 4.34 Å². The molecule has 1 aromatic heterocycles. The van der Waals surface area contributed by atoms with Gasteiger partial charge in [0, 0.05) is 10.8 Å². The fourth-order valence-corrected chi connectivity index (χ4v) is 3.93. The second-order valence-electron chi connectivity index (χ2n) is 4.19. The molecule has 0 spiro atoms. The Kier molecular flexibility index (Phi) is 3.93. The second kappa shape index (κ2) is 5.84. The van der Waals surface area contributed by atoms with Gasteiger partial charge in [-0.05, 0) is 35.9 Å². The van der Waals surface area contributed by atoms with Gasteiger partial charge in [-0.1, -0.05) is 35.5 Å². The van der Waals surface area contributed by atoms with Gasteiger partial charge in [0.25, 0.3) is 0 Å². The molecule has 0 aliphatic heterocycles. The van der Waals surface area contributed by atoms with Gasteiger partial charge in [0.05, 0.1) is 21.8 Å². The van der Waals surface area contributed by atoms with Crippen molar-refractivity contribution in [2.45, 2.75) is 10.1 Å². The number of rotatable bonds is 3. The Balaban J connectivity index is 1.74. The Morgan fingerprint density at radius 3 is 2.75 bits per heavy atom. The summed E-state index contributed by atoms with van der Waals surface area (Å²) in [6.45, 7) is 0. The van der Waals surface area contributed by atoms with Crippen LogP contribution < -0.4 is 0 Å². The van der Waals surface area contributed by atoms with E-state index in [2.05, 4.69) is 11.1 Å². The van der Waals surface area contributed by atoms with Gasteiger partial charge in [0.1, 0.15) is 0 Å². The van der Waals surface area contributed by atoms with Crippen molar-refractivity contribution in [3.63, 3.8) is 0 Å². The van der Waals surface area contributed by atoms with Gasteiger partial charge in [0.2, 0.25) is 0 Å². The van der Waals surface area contributed by atoms with E-state index in [1.54, 1.807) is 23.1 Å². The van der Waals surface area contributed by atoms with E-state index >= 15 is 0 Å². The number of nitrogens with zero attached hydrogens (tertiary/aromatic N) is 2. The average molecular weight is 317 g/mol. The van der Waals surface area contributed by atoms with Crippen LogP contribution in [-0.4, -0.2) is 4.98 Å². The fraction of sp³-hybridized carbons (Fsp3) is 0.0667. The highest BCUT2D eigenvalue weighted by Crippen LogP contribution is 2.32. The molecular weight excluding hydrogens is 308 g/mol. The normalized spacial score (nSPS) is 10.6. The van der Waals surface area contributed by atoms with E-state index in [9.17, 15) is 0 Å². The molecule has 0 saturated carbocycles. The van der Waals surface area contributed by atoms with E-state index < -0.39 is 0 Å². The van der Waals surface area contributed by atoms with E-state index in [1.165, 1.54) is 5.56 Å². The largest absolute Gasteiger partial charge is 0.230 e. The van der Waals surface area contributed by atoms with Crippen molar-refractivity contribution in [2.75, 3.05) is 0 Å².